The van der Waals surface area contributed by atoms with Gasteiger partial charge < -0.3 is 5.32 Å². The zero-order valence-corrected chi connectivity index (χ0v) is 11.7. The summed E-state index contributed by atoms with van der Waals surface area (Å²) in [5.41, 5.74) is 0. The molecule has 1 aliphatic carbocycles. The van der Waals surface area contributed by atoms with E-state index in [1.54, 1.807) is 4.90 Å². The topological polar surface area (TPSA) is 49.4 Å². The van der Waals surface area contributed by atoms with Crippen LogP contribution in [0.4, 0.5) is 0 Å². The van der Waals surface area contributed by atoms with Gasteiger partial charge in [-0.2, -0.15) is 0 Å². The molecule has 106 valence electrons. The van der Waals surface area contributed by atoms with Gasteiger partial charge in [0.25, 0.3) is 0 Å². The molecule has 19 heavy (non-hydrogen) atoms. The summed E-state index contributed by atoms with van der Waals surface area (Å²) in [5.74, 6) is 1.06. The number of carbonyl (C=O) groups is 2. The van der Waals surface area contributed by atoms with Crippen LogP contribution in [0.2, 0.25) is 0 Å². The van der Waals surface area contributed by atoms with Crippen molar-refractivity contribution in [3.05, 3.63) is 0 Å². The Morgan fingerprint density at radius 1 is 1.16 bits per heavy atom. The highest BCUT2D eigenvalue weighted by Crippen LogP contribution is 2.38. The maximum Gasteiger partial charge on any atom is 0.232 e. The van der Waals surface area contributed by atoms with Crippen LogP contribution >= 0.6 is 0 Å². The van der Waals surface area contributed by atoms with Crippen LogP contribution in [-0.2, 0) is 9.59 Å². The van der Waals surface area contributed by atoms with Gasteiger partial charge in [0.05, 0.1) is 0 Å². The Labute approximate surface area is 114 Å². The Morgan fingerprint density at radius 3 is 2.47 bits per heavy atom. The zero-order valence-electron chi connectivity index (χ0n) is 11.7. The third kappa shape index (κ3) is 2.31. The predicted octanol–water partition coefficient (Wildman–Crippen LogP) is 1.55. The fraction of sp³-hybridized carbons (Fsp3) is 0.867. The van der Waals surface area contributed by atoms with Crippen molar-refractivity contribution in [1.82, 2.24) is 10.2 Å². The Morgan fingerprint density at radius 2 is 1.84 bits per heavy atom. The number of hydrogen-bond donors (Lipinski definition) is 1. The van der Waals surface area contributed by atoms with Gasteiger partial charge >= 0.3 is 0 Å². The number of nitrogens with zero attached hydrogens (tertiary/aromatic N) is 1. The van der Waals surface area contributed by atoms with E-state index in [0.29, 0.717) is 18.5 Å². The Bertz CT molecular complexity index is 360. The van der Waals surface area contributed by atoms with E-state index >= 15 is 0 Å². The first kappa shape index (κ1) is 13.1. The zero-order chi connectivity index (χ0) is 13.4. The van der Waals surface area contributed by atoms with Gasteiger partial charge in [0.1, 0.15) is 0 Å². The smallest absolute Gasteiger partial charge is 0.232 e. The van der Waals surface area contributed by atoms with Gasteiger partial charge in [-0.25, -0.2) is 0 Å². The van der Waals surface area contributed by atoms with Crippen LogP contribution in [0, 0.1) is 17.8 Å². The molecule has 0 aromatic heterocycles. The Kier molecular flexibility index (Phi) is 3.61. The average Bonchev–Trinajstić information content (AvgIpc) is 2.89. The highest BCUT2D eigenvalue weighted by Gasteiger charge is 2.46. The second-order valence-corrected chi connectivity index (χ2v) is 6.37. The number of imide groups is 1. The maximum absolute atomic E-state index is 12.3. The van der Waals surface area contributed by atoms with Crippen LogP contribution in [0.25, 0.3) is 0 Å². The molecule has 0 aromatic rings. The summed E-state index contributed by atoms with van der Waals surface area (Å²) in [6, 6.07) is 0.309. The summed E-state index contributed by atoms with van der Waals surface area (Å²) in [6.07, 6.45) is 6.20. The normalized spacial score (nSPS) is 38.9. The van der Waals surface area contributed by atoms with Gasteiger partial charge in [0.2, 0.25) is 11.8 Å². The fourth-order valence-electron chi connectivity index (χ4n) is 4.08. The molecule has 2 amide bonds. The molecule has 4 atom stereocenters. The number of nitrogens with one attached hydrogen (secondary N) is 1. The monoisotopic (exact) mass is 264 g/mol. The first-order chi connectivity index (χ1) is 9.20. The molecular formula is C15H24N2O2. The van der Waals surface area contributed by atoms with Crippen molar-refractivity contribution in [2.75, 3.05) is 13.1 Å². The standard InChI is InChI=1S/C15H24N2O2/c1-2-10-4-3-7-16-13(10)9-17-14(18)11-5-6-12(8-11)15(17)19/h10-13,16H,2-9H2,1H3. The Balaban J connectivity index is 1.71. The SMILES string of the molecule is CCC1CCCNC1CN1C(=O)C2CCC(C2)C1=O. The predicted molar refractivity (Wildman–Crippen MR) is 72.4 cm³/mol. The van der Waals surface area contributed by atoms with E-state index in [2.05, 4.69) is 12.2 Å². The molecule has 0 aromatic carbocycles. The quantitative estimate of drug-likeness (QED) is 0.787. The molecule has 4 heteroatoms. The summed E-state index contributed by atoms with van der Waals surface area (Å²) < 4.78 is 0. The number of amides is 2. The summed E-state index contributed by atoms with van der Waals surface area (Å²) in [4.78, 5) is 26.3. The number of fused-ring (bicyclic) bond motifs is 2. The van der Waals surface area contributed by atoms with Gasteiger partial charge in [-0.1, -0.05) is 13.3 Å². The van der Waals surface area contributed by atoms with Gasteiger partial charge in [0.15, 0.2) is 0 Å². The van der Waals surface area contributed by atoms with Crippen molar-refractivity contribution < 1.29 is 9.59 Å². The molecule has 0 spiro atoms. The minimum absolute atomic E-state index is 0.0981. The lowest BCUT2D eigenvalue weighted by Gasteiger charge is -2.38. The largest absolute Gasteiger partial charge is 0.312 e. The van der Waals surface area contributed by atoms with Crippen molar-refractivity contribution in [3.63, 3.8) is 0 Å². The molecular weight excluding hydrogens is 240 g/mol. The van der Waals surface area contributed by atoms with Gasteiger partial charge in [-0.05, 0) is 44.6 Å². The van der Waals surface area contributed by atoms with Crippen molar-refractivity contribution in [2.45, 2.75) is 51.5 Å². The summed E-state index contributed by atoms with van der Waals surface area (Å²) in [6.45, 7) is 3.82. The molecule has 2 aliphatic heterocycles. The van der Waals surface area contributed by atoms with Gasteiger partial charge in [-0.3, -0.25) is 14.5 Å². The average molecular weight is 264 g/mol. The number of rotatable bonds is 3. The third-order valence-corrected chi connectivity index (χ3v) is 5.29. The lowest BCUT2D eigenvalue weighted by molar-refractivity contribution is -0.153. The molecule has 3 rings (SSSR count). The van der Waals surface area contributed by atoms with Crippen molar-refractivity contribution in [3.8, 4) is 0 Å². The van der Waals surface area contributed by atoms with Crippen LogP contribution < -0.4 is 5.32 Å². The lowest BCUT2D eigenvalue weighted by atomic mass is 9.87. The van der Waals surface area contributed by atoms with Crippen molar-refractivity contribution in [2.24, 2.45) is 17.8 Å². The van der Waals surface area contributed by atoms with Crippen LogP contribution in [0.5, 0.6) is 0 Å². The fourth-order valence-corrected chi connectivity index (χ4v) is 4.08. The highest BCUT2D eigenvalue weighted by atomic mass is 16.2. The van der Waals surface area contributed by atoms with E-state index in [1.807, 2.05) is 0 Å². The van der Waals surface area contributed by atoms with E-state index in [-0.39, 0.29) is 23.7 Å². The van der Waals surface area contributed by atoms with Crippen molar-refractivity contribution >= 4 is 11.8 Å². The number of piperidine rings is 2. The van der Waals surface area contributed by atoms with Gasteiger partial charge in [0, 0.05) is 24.4 Å². The van der Waals surface area contributed by atoms with Crippen LogP contribution in [0.1, 0.15) is 45.4 Å². The summed E-state index contributed by atoms with van der Waals surface area (Å²) >= 11 is 0. The first-order valence-electron chi connectivity index (χ1n) is 7.79. The number of carbonyl (C=O) groups excluding carboxylic acids is 2. The molecule has 0 radical (unpaired) electrons. The second kappa shape index (κ2) is 5.23. The van der Waals surface area contributed by atoms with E-state index in [1.165, 1.54) is 12.8 Å². The lowest BCUT2D eigenvalue weighted by Crippen LogP contribution is -2.55. The molecule has 2 heterocycles. The minimum Gasteiger partial charge on any atom is -0.312 e. The van der Waals surface area contributed by atoms with E-state index in [4.69, 9.17) is 0 Å². The van der Waals surface area contributed by atoms with Crippen molar-refractivity contribution in [1.29, 1.82) is 0 Å². The van der Waals surface area contributed by atoms with E-state index < -0.39 is 0 Å². The molecule has 2 bridgehead atoms. The molecule has 4 unspecified atom stereocenters. The van der Waals surface area contributed by atoms with Crippen LogP contribution in [0.3, 0.4) is 0 Å². The van der Waals surface area contributed by atoms with Crippen LogP contribution in [0.15, 0.2) is 0 Å². The molecule has 4 nitrogen and oxygen atoms in total. The minimum atomic E-state index is 0.0981. The van der Waals surface area contributed by atoms with E-state index in [9.17, 15) is 9.59 Å². The van der Waals surface area contributed by atoms with Gasteiger partial charge in [-0.15, -0.1) is 0 Å². The number of hydrogen-bond acceptors (Lipinski definition) is 3. The first-order valence-corrected chi connectivity index (χ1v) is 7.79. The van der Waals surface area contributed by atoms with Crippen LogP contribution in [-0.4, -0.2) is 35.8 Å². The summed E-state index contributed by atoms with van der Waals surface area (Å²) in [5, 5.41) is 3.51. The highest BCUT2D eigenvalue weighted by molar-refractivity contribution is 6.00. The Hall–Kier alpha value is -0.900. The maximum atomic E-state index is 12.3. The molecule has 1 saturated carbocycles. The molecule has 2 saturated heterocycles. The number of likely N-dealkylation sites (tertiary alicyclic amines) is 1. The summed E-state index contributed by atoms with van der Waals surface area (Å²) in [7, 11) is 0. The second-order valence-electron chi connectivity index (χ2n) is 6.37. The molecule has 1 N–H and O–H groups in total. The molecule has 3 aliphatic rings. The van der Waals surface area contributed by atoms with E-state index in [0.717, 1.165) is 32.2 Å². The third-order valence-electron chi connectivity index (χ3n) is 5.29. The molecule has 3 fully saturated rings.